The van der Waals surface area contributed by atoms with E-state index in [2.05, 4.69) is 25.7 Å². The van der Waals surface area contributed by atoms with Crippen LogP contribution in [0.3, 0.4) is 0 Å². The molecule has 1 amide bonds. The quantitative estimate of drug-likeness (QED) is 0.730. The van der Waals surface area contributed by atoms with E-state index in [0.717, 1.165) is 42.1 Å². The average Bonchev–Trinajstić information content (AvgIpc) is 3.41. The molecule has 0 radical (unpaired) electrons. The number of nitrogens with one attached hydrogen (secondary N) is 1. The lowest BCUT2D eigenvalue weighted by atomic mass is 10.1. The highest BCUT2D eigenvalue weighted by atomic mass is 16.1. The van der Waals surface area contributed by atoms with Gasteiger partial charge in [-0.15, -0.1) is 5.10 Å². The molecule has 1 saturated heterocycles. The van der Waals surface area contributed by atoms with Crippen molar-refractivity contribution in [1.29, 1.82) is 0 Å². The molecule has 0 aliphatic carbocycles. The van der Waals surface area contributed by atoms with Gasteiger partial charge in [0.25, 0.3) is 0 Å². The number of carbonyl (C=O) groups excluding carboxylic acids is 1. The molecule has 3 aromatic rings. The number of nitrogens with zero attached hydrogens (tertiary/aromatic N) is 5. The number of carbonyl (C=O) groups is 1. The molecule has 2 heterocycles. The van der Waals surface area contributed by atoms with Crippen LogP contribution in [0, 0.1) is 0 Å². The van der Waals surface area contributed by atoms with Crippen molar-refractivity contribution in [3.63, 3.8) is 0 Å². The van der Waals surface area contributed by atoms with Gasteiger partial charge < -0.3 is 10.2 Å². The van der Waals surface area contributed by atoms with Gasteiger partial charge in [-0.25, -0.2) is 4.68 Å². The van der Waals surface area contributed by atoms with Gasteiger partial charge in [0.1, 0.15) is 6.33 Å². The number of hydrogen-bond donors (Lipinski definition) is 1. The fourth-order valence-electron chi connectivity index (χ4n) is 3.40. The molecule has 0 atom stereocenters. The SMILES string of the molecule is O=C(CCc1ccccc1)Nc1cc(-n2cnnn2)ccc1N1CCCC1. The molecule has 0 bridgehead atoms. The van der Waals surface area contributed by atoms with Gasteiger partial charge >= 0.3 is 0 Å². The molecule has 0 spiro atoms. The average molecular weight is 362 g/mol. The summed E-state index contributed by atoms with van der Waals surface area (Å²) in [5, 5.41) is 14.4. The normalized spacial score (nSPS) is 13.7. The molecule has 4 rings (SSSR count). The van der Waals surface area contributed by atoms with Gasteiger partial charge in [0, 0.05) is 19.5 Å². The number of benzene rings is 2. The number of tetrazole rings is 1. The Kier molecular flexibility index (Phi) is 5.09. The second-order valence-corrected chi connectivity index (χ2v) is 6.68. The zero-order valence-corrected chi connectivity index (χ0v) is 15.1. The number of hydrogen-bond acceptors (Lipinski definition) is 5. The maximum Gasteiger partial charge on any atom is 0.224 e. The Morgan fingerprint density at radius 2 is 1.89 bits per heavy atom. The van der Waals surface area contributed by atoms with E-state index >= 15 is 0 Å². The molecule has 27 heavy (non-hydrogen) atoms. The number of aromatic nitrogens is 4. The topological polar surface area (TPSA) is 75.9 Å². The first-order valence-corrected chi connectivity index (χ1v) is 9.26. The Morgan fingerprint density at radius 3 is 2.63 bits per heavy atom. The van der Waals surface area contributed by atoms with Crippen LogP contribution in [0.25, 0.3) is 5.69 Å². The molecule has 1 aromatic heterocycles. The Morgan fingerprint density at radius 1 is 1.07 bits per heavy atom. The molecular weight excluding hydrogens is 340 g/mol. The predicted molar refractivity (Wildman–Crippen MR) is 104 cm³/mol. The monoisotopic (exact) mass is 362 g/mol. The Labute approximate surface area is 158 Å². The highest BCUT2D eigenvalue weighted by molar-refractivity contribution is 5.95. The lowest BCUT2D eigenvalue weighted by Crippen LogP contribution is -2.21. The van der Waals surface area contributed by atoms with Crippen LogP contribution in [-0.4, -0.2) is 39.2 Å². The van der Waals surface area contributed by atoms with Gasteiger partial charge in [-0.1, -0.05) is 30.3 Å². The van der Waals surface area contributed by atoms with E-state index in [1.54, 1.807) is 11.0 Å². The molecule has 0 saturated carbocycles. The summed E-state index contributed by atoms with van der Waals surface area (Å²) in [5.74, 6) is 0.00756. The minimum atomic E-state index is 0.00756. The van der Waals surface area contributed by atoms with Crippen molar-refractivity contribution in [2.24, 2.45) is 0 Å². The van der Waals surface area contributed by atoms with Gasteiger partial charge in [-0.3, -0.25) is 4.79 Å². The summed E-state index contributed by atoms with van der Waals surface area (Å²) in [6, 6.07) is 16.0. The van der Waals surface area contributed by atoms with Gasteiger partial charge in [0.2, 0.25) is 5.91 Å². The van der Waals surface area contributed by atoms with Crippen molar-refractivity contribution < 1.29 is 4.79 Å². The molecule has 0 unspecified atom stereocenters. The van der Waals surface area contributed by atoms with Crippen molar-refractivity contribution in [3.05, 3.63) is 60.4 Å². The standard InChI is InChI=1S/C20H22N6O/c27-20(11-8-16-6-2-1-3-7-16)22-18-14-17(26-15-21-23-24-26)9-10-19(18)25-12-4-5-13-25/h1-3,6-7,9-10,14-15H,4-5,8,11-13H2,(H,22,27). The summed E-state index contributed by atoms with van der Waals surface area (Å²) in [4.78, 5) is 14.9. The van der Waals surface area contributed by atoms with Crippen LogP contribution in [0.1, 0.15) is 24.8 Å². The van der Waals surface area contributed by atoms with Crippen LogP contribution in [0.5, 0.6) is 0 Å². The molecule has 2 aromatic carbocycles. The predicted octanol–water partition coefficient (Wildman–Crippen LogP) is 2.83. The van der Waals surface area contributed by atoms with Crippen molar-refractivity contribution in [2.45, 2.75) is 25.7 Å². The third-order valence-corrected chi connectivity index (χ3v) is 4.80. The Bertz CT molecular complexity index is 888. The smallest absolute Gasteiger partial charge is 0.224 e. The fraction of sp³-hybridized carbons (Fsp3) is 0.300. The van der Waals surface area contributed by atoms with Crippen LogP contribution in [0.15, 0.2) is 54.9 Å². The van der Waals surface area contributed by atoms with Crippen LogP contribution >= 0.6 is 0 Å². The van der Waals surface area contributed by atoms with Crippen LogP contribution in [0.4, 0.5) is 11.4 Å². The third kappa shape index (κ3) is 4.13. The summed E-state index contributed by atoms with van der Waals surface area (Å²) in [7, 11) is 0. The summed E-state index contributed by atoms with van der Waals surface area (Å²) in [6.45, 7) is 2.02. The minimum Gasteiger partial charge on any atom is -0.370 e. The van der Waals surface area contributed by atoms with Crippen LogP contribution in [-0.2, 0) is 11.2 Å². The number of rotatable bonds is 6. The van der Waals surface area contributed by atoms with Crippen molar-refractivity contribution >= 4 is 17.3 Å². The molecular formula is C20H22N6O. The molecule has 1 fully saturated rings. The Balaban J connectivity index is 1.53. The number of aryl methyl sites for hydroxylation is 1. The van der Waals surface area contributed by atoms with Crippen molar-refractivity contribution in [2.75, 3.05) is 23.3 Å². The Hall–Kier alpha value is -3.22. The lowest BCUT2D eigenvalue weighted by Gasteiger charge is -2.22. The first-order chi connectivity index (χ1) is 13.3. The number of anilines is 2. The summed E-state index contributed by atoms with van der Waals surface area (Å²) in [5.41, 5.74) is 3.84. The largest absolute Gasteiger partial charge is 0.370 e. The zero-order valence-electron chi connectivity index (χ0n) is 15.1. The lowest BCUT2D eigenvalue weighted by molar-refractivity contribution is -0.116. The second kappa shape index (κ2) is 7.99. The number of amides is 1. The molecule has 1 N–H and O–H groups in total. The van der Waals surface area contributed by atoms with E-state index in [1.807, 2.05) is 48.5 Å². The van der Waals surface area contributed by atoms with E-state index in [-0.39, 0.29) is 5.91 Å². The van der Waals surface area contributed by atoms with Crippen LogP contribution in [0.2, 0.25) is 0 Å². The molecule has 1 aliphatic rings. The fourth-order valence-corrected chi connectivity index (χ4v) is 3.40. The van der Waals surface area contributed by atoms with Gasteiger partial charge in [-0.05, 0) is 53.5 Å². The first-order valence-electron chi connectivity index (χ1n) is 9.26. The molecule has 138 valence electrons. The zero-order chi connectivity index (χ0) is 18.5. The maximum absolute atomic E-state index is 12.6. The van der Waals surface area contributed by atoms with E-state index in [9.17, 15) is 4.79 Å². The summed E-state index contributed by atoms with van der Waals surface area (Å²) < 4.78 is 1.59. The third-order valence-electron chi connectivity index (χ3n) is 4.80. The summed E-state index contributed by atoms with van der Waals surface area (Å²) in [6.07, 6.45) is 5.06. The second-order valence-electron chi connectivity index (χ2n) is 6.68. The summed E-state index contributed by atoms with van der Waals surface area (Å²) >= 11 is 0. The highest BCUT2D eigenvalue weighted by Crippen LogP contribution is 2.31. The van der Waals surface area contributed by atoms with E-state index in [4.69, 9.17) is 0 Å². The van der Waals surface area contributed by atoms with Gasteiger partial charge in [0.15, 0.2) is 0 Å². The van der Waals surface area contributed by atoms with Gasteiger partial charge in [-0.2, -0.15) is 0 Å². The van der Waals surface area contributed by atoms with Crippen LogP contribution < -0.4 is 10.2 Å². The van der Waals surface area contributed by atoms with Crippen molar-refractivity contribution in [3.8, 4) is 5.69 Å². The molecule has 7 nitrogen and oxygen atoms in total. The highest BCUT2D eigenvalue weighted by Gasteiger charge is 2.18. The molecule has 1 aliphatic heterocycles. The van der Waals surface area contributed by atoms with E-state index < -0.39 is 0 Å². The molecule has 7 heteroatoms. The van der Waals surface area contributed by atoms with Gasteiger partial charge in [0.05, 0.1) is 17.1 Å². The maximum atomic E-state index is 12.6. The van der Waals surface area contributed by atoms with Crippen molar-refractivity contribution in [1.82, 2.24) is 20.2 Å². The minimum absolute atomic E-state index is 0.00756. The first kappa shape index (κ1) is 17.2. The van der Waals surface area contributed by atoms with E-state index in [0.29, 0.717) is 6.42 Å². The van der Waals surface area contributed by atoms with E-state index in [1.165, 1.54) is 12.8 Å².